The number of nitrogens with zero attached hydrogens (tertiary/aromatic N) is 1. The first-order chi connectivity index (χ1) is 10.5. The summed E-state index contributed by atoms with van der Waals surface area (Å²) in [5.74, 6) is 0.776. The Labute approximate surface area is 143 Å². The highest BCUT2D eigenvalue weighted by atomic mass is 79.9. The van der Waals surface area contributed by atoms with Crippen molar-refractivity contribution in [2.24, 2.45) is 5.92 Å². The second kappa shape index (κ2) is 7.61. The molecule has 1 N–H and O–H groups in total. The zero-order valence-electron chi connectivity index (χ0n) is 12.3. The molecular formula is C16H16BrClN2O2. The highest BCUT2D eigenvalue weighted by molar-refractivity contribution is 9.10. The lowest BCUT2D eigenvalue weighted by molar-refractivity contribution is 0.102. The molecule has 0 saturated carbocycles. The molecule has 0 atom stereocenters. The molecule has 6 heteroatoms. The highest BCUT2D eigenvalue weighted by Gasteiger charge is 2.09. The Hall–Kier alpha value is -1.59. The smallest absolute Gasteiger partial charge is 0.257 e. The largest absolute Gasteiger partial charge is 0.492 e. The van der Waals surface area contributed by atoms with Gasteiger partial charge in [-0.25, -0.2) is 0 Å². The number of benzene rings is 1. The summed E-state index contributed by atoms with van der Waals surface area (Å²) in [5, 5.41) is 3.24. The average Bonchev–Trinajstić information content (AvgIpc) is 2.46. The molecule has 1 aromatic heterocycles. The summed E-state index contributed by atoms with van der Waals surface area (Å²) < 4.78 is 6.34. The lowest BCUT2D eigenvalue weighted by Gasteiger charge is -2.12. The Bertz CT molecular complexity index is 677. The van der Waals surface area contributed by atoms with Gasteiger partial charge in [-0.3, -0.25) is 9.78 Å². The minimum absolute atomic E-state index is 0.249. The van der Waals surface area contributed by atoms with Gasteiger partial charge in [0.25, 0.3) is 5.91 Å². The Morgan fingerprint density at radius 1 is 1.36 bits per heavy atom. The standard InChI is InChI=1S/C16H16BrClN2O2/c1-10(2)9-22-15-4-3-13(6-14(15)18)20-16(21)11-5-12(17)8-19-7-11/h3-8,10H,9H2,1-2H3,(H,20,21). The van der Waals surface area contributed by atoms with Gasteiger partial charge in [-0.1, -0.05) is 25.4 Å². The Morgan fingerprint density at radius 2 is 2.14 bits per heavy atom. The monoisotopic (exact) mass is 382 g/mol. The Kier molecular flexibility index (Phi) is 5.80. The van der Waals surface area contributed by atoms with Gasteiger partial charge in [0.15, 0.2) is 0 Å². The van der Waals surface area contributed by atoms with Crippen LogP contribution >= 0.6 is 27.5 Å². The van der Waals surface area contributed by atoms with Crippen LogP contribution in [0.1, 0.15) is 24.2 Å². The number of halogens is 2. The van der Waals surface area contributed by atoms with Gasteiger partial charge in [-0.2, -0.15) is 0 Å². The number of rotatable bonds is 5. The molecule has 0 spiro atoms. The molecule has 0 aliphatic carbocycles. The van der Waals surface area contributed by atoms with Crippen molar-refractivity contribution in [1.82, 2.24) is 4.98 Å². The van der Waals surface area contributed by atoms with Gasteiger partial charge in [0.2, 0.25) is 0 Å². The van der Waals surface area contributed by atoms with Gasteiger partial charge < -0.3 is 10.1 Å². The molecule has 2 rings (SSSR count). The van der Waals surface area contributed by atoms with E-state index in [1.54, 1.807) is 30.5 Å². The fraction of sp³-hybridized carbons (Fsp3) is 0.250. The number of carbonyl (C=O) groups excluding carboxylic acids is 1. The van der Waals surface area contributed by atoms with Gasteiger partial charge in [-0.05, 0) is 46.1 Å². The van der Waals surface area contributed by atoms with E-state index in [9.17, 15) is 4.79 Å². The maximum atomic E-state index is 12.1. The summed E-state index contributed by atoms with van der Waals surface area (Å²) in [6.07, 6.45) is 3.12. The van der Waals surface area contributed by atoms with Crippen LogP contribution in [-0.4, -0.2) is 17.5 Å². The van der Waals surface area contributed by atoms with Crippen molar-refractivity contribution in [3.05, 3.63) is 51.7 Å². The van der Waals surface area contributed by atoms with E-state index in [1.807, 2.05) is 0 Å². The third kappa shape index (κ3) is 4.71. The number of aromatic nitrogens is 1. The van der Waals surface area contributed by atoms with Gasteiger partial charge in [0.05, 0.1) is 17.2 Å². The molecule has 22 heavy (non-hydrogen) atoms. The van der Waals surface area contributed by atoms with E-state index < -0.39 is 0 Å². The molecule has 0 radical (unpaired) electrons. The third-order valence-corrected chi connectivity index (χ3v) is 3.46. The van der Waals surface area contributed by atoms with Crippen molar-refractivity contribution < 1.29 is 9.53 Å². The quantitative estimate of drug-likeness (QED) is 0.808. The van der Waals surface area contributed by atoms with Crippen LogP contribution in [0.25, 0.3) is 0 Å². The van der Waals surface area contributed by atoms with Crippen molar-refractivity contribution in [3.8, 4) is 5.75 Å². The van der Waals surface area contributed by atoms with Crippen LogP contribution in [-0.2, 0) is 0 Å². The van der Waals surface area contributed by atoms with Crippen LogP contribution in [0.2, 0.25) is 5.02 Å². The van der Waals surface area contributed by atoms with Crippen molar-refractivity contribution in [2.45, 2.75) is 13.8 Å². The molecule has 0 aliphatic heterocycles. The average molecular weight is 384 g/mol. The van der Waals surface area contributed by atoms with E-state index in [1.165, 1.54) is 6.20 Å². The number of hydrogen-bond acceptors (Lipinski definition) is 3. The van der Waals surface area contributed by atoms with Crippen molar-refractivity contribution in [1.29, 1.82) is 0 Å². The zero-order valence-corrected chi connectivity index (χ0v) is 14.6. The molecule has 1 aromatic carbocycles. The molecule has 0 fully saturated rings. The van der Waals surface area contributed by atoms with Crippen molar-refractivity contribution in [3.63, 3.8) is 0 Å². The normalized spacial score (nSPS) is 10.6. The molecule has 116 valence electrons. The first-order valence-electron chi connectivity index (χ1n) is 6.80. The molecule has 1 heterocycles. The Morgan fingerprint density at radius 3 is 2.77 bits per heavy atom. The first-order valence-corrected chi connectivity index (χ1v) is 7.97. The third-order valence-electron chi connectivity index (χ3n) is 2.73. The van der Waals surface area contributed by atoms with Crippen LogP contribution in [0.5, 0.6) is 5.75 Å². The molecule has 2 aromatic rings. The van der Waals surface area contributed by atoms with Crippen LogP contribution in [0, 0.1) is 5.92 Å². The van der Waals surface area contributed by atoms with Crippen LogP contribution in [0.3, 0.4) is 0 Å². The van der Waals surface area contributed by atoms with Gasteiger partial charge in [0.1, 0.15) is 5.75 Å². The maximum Gasteiger partial charge on any atom is 0.257 e. The van der Waals surface area contributed by atoms with E-state index in [2.05, 4.69) is 40.1 Å². The SMILES string of the molecule is CC(C)COc1ccc(NC(=O)c2cncc(Br)c2)cc1Cl. The number of pyridine rings is 1. The second-order valence-electron chi connectivity index (χ2n) is 5.20. The molecule has 1 amide bonds. The van der Waals surface area contributed by atoms with Crippen LogP contribution < -0.4 is 10.1 Å². The van der Waals surface area contributed by atoms with Crippen molar-refractivity contribution in [2.75, 3.05) is 11.9 Å². The summed E-state index contributed by atoms with van der Waals surface area (Å²) >= 11 is 9.46. The van der Waals surface area contributed by atoms with E-state index in [4.69, 9.17) is 16.3 Å². The highest BCUT2D eigenvalue weighted by Crippen LogP contribution is 2.28. The van der Waals surface area contributed by atoms with Gasteiger partial charge >= 0.3 is 0 Å². The molecular weight excluding hydrogens is 368 g/mol. The topological polar surface area (TPSA) is 51.2 Å². The van der Waals surface area contributed by atoms with E-state index in [0.29, 0.717) is 34.5 Å². The molecule has 0 saturated heterocycles. The summed E-state index contributed by atoms with van der Waals surface area (Å²) in [6.45, 7) is 4.72. The number of ether oxygens (including phenoxy) is 1. The van der Waals surface area contributed by atoms with E-state index >= 15 is 0 Å². The number of nitrogens with one attached hydrogen (secondary N) is 1. The predicted octanol–water partition coefficient (Wildman–Crippen LogP) is 4.78. The van der Waals surface area contributed by atoms with Crippen LogP contribution in [0.4, 0.5) is 5.69 Å². The lowest BCUT2D eigenvalue weighted by Crippen LogP contribution is -2.12. The van der Waals surface area contributed by atoms with Gasteiger partial charge in [0, 0.05) is 22.6 Å². The van der Waals surface area contributed by atoms with Crippen molar-refractivity contribution >= 4 is 39.1 Å². The lowest BCUT2D eigenvalue weighted by atomic mass is 10.2. The first kappa shape index (κ1) is 16.8. The molecule has 0 bridgehead atoms. The van der Waals surface area contributed by atoms with E-state index in [-0.39, 0.29) is 5.91 Å². The molecule has 4 nitrogen and oxygen atoms in total. The fourth-order valence-electron chi connectivity index (χ4n) is 1.69. The summed E-state index contributed by atoms with van der Waals surface area (Å²) in [4.78, 5) is 16.1. The fourth-order valence-corrected chi connectivity index (χ4v) is 2.29. The van der Waals surface area contributed by atoms with Crippen LogP contribution in [0.15, 0.2) is 41.1 Å². The summed E-state index contributed by atoms with van der Waals surface area (Å²) in [5.41, 5.74) is 1.07. The number of carbonyl (C=O) groups is 1. The number of anilines is 1. The van der Waals surface area contributed by atoms with Gasteiger partial charge in [-0.15, -0.1) is 0 Å². The summed E-state index contributed by atoms with van der Waals surface area (Å²) in [6, 6.07) is 6.87. The zero-order chi connectivity index (χ0) is 16.1. The Balaban J connectivity index is 2.07. The predicted molar refractivity (Wildman–Crippen MR) is 91.7 cm³/mol. The number of amides is 1. The second-order valence-corrected chi connectivity index (χ2v) is 6.52. The minimum Gasteiger partial charge on any atom is -0.492 e. The molecule has 0 unspecified atom stereocenters. The summed E-state index contributed by atoms with van der Waals surface area (Å²) in [7, 11) is 0. The minimum atomic E-state index is -0.249. The molecule has 0 aliphatic rings. The van der Waals surface area contributed by atoms with E-state index in [0.717, 1.165) is 4.47 Å². The maximum absolute atomic E-state index is 12.1. The number of hydrogen-bond donors (Lipinski definition) is 1.